The van der Waals surface area contributed by atoms with Crippen molar-refractivity contribution in [2.24, 2.45) is 5.73 Å². The minimum Gasteiger partial charge on any atom is -0.330 e. The molecule has 0 amide bonds. The van der Waals surface area contributed by atoms with Crippen molar-refractivity contribution in [3.8, 4) is 0 Å². The van der Waals surface area contributed by atoms with Gasteiger partial charge in [-0.15, -0.1) is 0 Å². The minimum absolute atomic E-state index is 0.182. The van der Waals surface area contributed by atoms with Gasteiger partial charge in [-0.25, -0.2) is 0 Å². The molecule has 0 atom stereocenters. The molecule has 0 aliphatic heterocycles. The summed E-state index contributed by atoms with van der Waals surface area (Å²) in [7, 11) is 0. The molecule has 1 aromatic rings. The van der Waals surface area contributed by atoms with Gasteiger partial charge in [0.1, 0.15) is 0 Å². The summed E-state index contributed by atoms with van der Waals surface area (Å²) in [6, 6.07) is 8.26. The molecule has 0 aromatic heterocycles. The molecule has 1 aromatic carbocycles. The Morgan fingerprint density at radius 3 is 2.38 bits per heavy atom. The number of rotatable bonds is 2. The van der Waals surface area contributed by atoms with Crippen molar-refractivity contribution < 1.29 is 0 Å². The van der Waals surface area contributed by atoms with Crippen molar-refractivity contribution in [3.63, 3.8) is 0 Å². The Bertz CT molecular complexity index is 340. The Morgan fingerprint density at radius 2 is 1.81 bits per heavy atom. The molecule has 0 saturated heterocycles. The summed E-state index contributed by atoms with van der Waals surface area (Å²) in [5, 5.41) is 0.828. The molecule has 0 radical (unpaired) electrons. The van der Waals surface area contributed by atoms with Gasteiger partial charge in [0.05, 0.1) is 0 Å². The van der Waals surface area contributed by atoms with E-state index in [0.29, 0.717) is 0 Å². The summed E-state index contributed by atoms with van der Waals surface area (Å²) in [5.41, 5.74) is 7.57. The van der Waals surface area contributed by atoms with Gasteiger partial charge in [-0.1, -0.05) is 49.4 Å². The third-order valence-electron chi connectivity index (χ3n) is 3.89. The zero-order valence-electron chi connectivity index (χ0n) is 9.71. The van der Waals surface area contributed by atoms with Crippen molar-refractivity contribution in [1.82, 2.24) is 0 Å². The smallest absolute Gasteiger partial charge is 0.0408 e. The van der Waals surface area contributed by atoms with Gasteiger partial charge in [0.25, 0.3) is 0 Å². The van der Waals surface area contributed by atoms with Gasteiger partial charge in [-0.3, -0.25) is 0 Å². The molecule has 1 saturated carbocycles. The van der Waals surface area contributed by atoms with E-state index in [4.69, 9.17) is 17.3 Å². The fraction of sp³-hybridized carbons (Fsp3) is 0.571. The summed E-state index contributed by atoms with van der Waals surface area (Å²) in [5.74, 6) is 0. The lowest BCUT2D eigenvalue weighted by molar-refractivity contribution is 0.381. The van der Waals surface area contributed by atoms with Gasteiger partial charge in [0.2, 0.25) is 0 Å². The average molecular weight is 238 g/mol. The maximum atomic E-state index is 6.08. The summed E-state index contributed by atoms with van der Waals surface area (Å²) in [6.45, 7) is 0.743. The van der Waals surface area contributed by atoms with Crippen LogP contribution in [-0.2, 0) is 5.41 Å². The second kappa shape index (κ2) is 5.20. The van der Waals surface area contributed by atoms with Crippen LogP contribution < -0.4 is 5.73 Å². The minimum atomic E-state index is 0.182. The highest BCUT2D eigenvalue weighted by atomic mass is 35.5. The van der Waals surface area contributed by atoms with Crippen LogP contribution in [0.2, 0.25) is 5.02 Å². The van der Waals surface area contributed by atoms with Gasteiger partial charge in [0.15, 0.2) is 0 Å². The van der Waals surface area contributed by atoms with E-state index < -0.39 is 0 Å². The molecule has 1 aliphatic carbocycles. The second-order valence-corrected chi connectivity index (χ2v) is 5.35. The first-order valence-corrected chi connectivity index (χ1v) is 6.61. The number of nitrogens with two attached hydrogens (primary N) is 1. The first-order chi connectivity index (χ1) is 7.77. The van der Waals surface area contributed by atoms with Gasteiger partial charge in [-0.05, 0) is 30.5 Å². The van der Waals surface area contributed by atoms with Crippen LogP contribution in [0.5, 0.6) is 0 Å². The highest BCUT2D eigenvalue weighted by Crippen LogP contribution is 2.38. The second-order valence-electron chi connectivity index (χ2n) is 4.91. The van der Waals surface area contributed by atoms with Gasteiger partial charge >= 0.3 is 0 Å². The van der Waals surface area contributed by atoms with Crippen molar-refractivity contribution >= 4 is 11.6 Å². The van der Waals surface area contributed by atoms with E-state index in [1.165, 1.54) is 44.1 Å². The molecule has 0 unspecified atom stereocenters. The highest BCUT2D eigenvalue weighted by Gasteiger charge is 2.31. The van der Waals surface area contributed by atoms with Crippen LogP contribution in [0.15, 0.2) is 24.3 Å². The molecule has 0 heterocycles. The molecule has 2 N–H and O–H groups in total. The molecule has 1 fully saturated rings. The Hall–Kier alpha value is -0.530. The van der Waals surface area contributed by atoms with Gasteiger partial charge < -0.3 is 5.73 Å². The van der Waals surface area contributed by atoms with E-state index in [0.717, 1.165) is 11.6 Å². The standard InChI is InChI=1S/C14H20ClN/c15-13-7-5-6-12(10-13)14(11-16)8-3-1-2-4-9-14/h5-7,10H,1-4,8-9,11,16H2. The number of benzene rings is 1. The molecule has 2 rings (SSSR count). The first kappa shape index (κ1) is 11.9. The molecular formula is C14H20ClN. The van der Waals surface area contributed by atoms with Crippen molar-refractivity contribution in [3.05, 3.63) is 34.9 Å². The van der Waals surface area contributed by atoms with E-state index >= 15 is 0 Å². The van der Waals surface area contributed by atoms with Crippen LogP contribution in [-0.4, -0.2) is 6.54 Å². The molecule has 88 valence electrons. The predicted octanol–water partition coefficient (Wildman–Crippen LogP) is 3.89. The van der Waals surface area contributed by atoms with Crippen LogP contribution in [0.4, 0.5) is 0 Å². The number of halogens is 1. The monoisotopic (exact) mass is 237 g/mol. The summed E-state index contributed by atoms with van der Waals surface area (Å²) in [6.07, 6.45) is 7.71. The van der Waals surface area contributed by atoms with E-state index in [1.807, 2.05) is 12.1 Å². The molecule has 1 nitrogen and oxygen atoms in total. The normalized spacial score (nSPS) is 20.4. The predicted molar refractivity (Wildman–Crippen MR) is 69.9 cm³/mol. The Labute approximate surface area is 103 Å². The highest BCUT2D eigenvalue weighted by molar-refractivity contribution is 6.30. The van der Waals surface area contributed by atoms with Crippen LogP contribution in [0.3, 0.4) is 0 Å². The van der Waals surface area contributed by atoms with E-state index in [-0.39, 0.29) is 5.41 Å². The van der Waals surface area contributed by atoms with Crippen LogP contribution in [0.1, 0.15) is 44.1 Å². The Morgan fingerprint density at radius 1 is 1.12 bits per heavy atom. The van der Waals surface area contributed by atoms with Crippen LogP contribution in [0, 0.1) is 0 Å². The summed E-state index contributed by atoms with van der Waals surface area (Å²) >= 11 is 6.08. The maximum absolute atomic E-state index is 6.08. The third kappa shape index (κ3) is 2.41. The fourth-order valence-corrected chi connectivity index (χ4v) is 3.02. The molecule has 0 bridgehead atoms. The SMILES string of the molecule is NCC1(c2cccc(Cl)c2)CCCCCC1. The van der Waals surface area contributed by atoms with Crippen molar-refractivity contribution in [2.45, 2.75) is 43.9 Å². The molecule has 1 aliphatic rings. The third-order valence-corrected chi connectivity index (χ3v) is 4.12. The zero-order chi connectivity index (χ0) is 11.4. The van der Waals surface area contributed by atoms with Crippen molar-refractivity contribution in [1.29, 1.82) is 0 Å². The quantitative estimate of drug-likeness (QED) is 0.776. The van der Waals surface area contributed by atoms with E-state index in [9.17, 15) is 0 Å². The van der Waals surface area contributed by atoms with Crippen LogP contribution >= 0.6 is 11.6 Å². The van der Waals surface area contributed by atoms with E-state index in [2.05, 4.69) is 12.1 Å². The lowest BCUT2D eigenvalue weighted by atomic mass is 9.74. The molecule has 0 spiro atoms. The van der Waals surface area contributed by atoms with Gasteiger partial charge in [0, 0.05) is 17.0 Å². The average Bonchev–Trinajstić information content (AvgIpc) is 2.55. The number of hydrogen-bond donors (Lipinski definition) is 1. The largest absolute Gasteiger partial charge is 0.330 e. The Kier molecular flexibility index (Phi) is 3.88. The zero-order valence-corrected chi connectivity index (χ0v) is 10.5. The van der Waals surface area contributed by atoms with E-state index in [1.54, 1.807) is 0 Å². The maximum Gasteiger partial charge on any atom is 0.0408 e. The lowest BCUT2D eigenvalue weighted by Gasteiger charge is -2.32. The summed E-state index contributed by atoms with van der Waals surface area (Å²) in [4.78, 5) is 0. The lowest BCUT2D eigenvalue weighted by Crippen LogP contribution is -2.34. The topological polar surface area (TPSA) is 26.0 Å². The fourth-order valence-electron chi connectivity index (χ4n) is 2.83. The number of hydrogen-bond acceptors (Lipinski definition) is 1. The molecular weight excluding hydrogens is 218 g/mol. The van der Waals surface area contributed by atoms with Crippen molar-refractivity contribution in [2.75, 3.05) is 6.54 Å². The first-order valence-electron chi connectivity index (χ1n) is 6.23. The van der Waals surface area contributed by atoms with Gasteiger partial charge in [-0.2, -0.15) is 0 Å². The van der Waals surface area contributed by atoms with Crippen LogP contribution in [0.25, 0.3) is 0 Å². The summed E-state index contributed by atoms with van der Waals surface area (Å²) < 4.78 is 0. The Balaban J connectivity index is 2.31. The molecule has 16 heavy (non-hydrogen) atoms. The molecule has 2 heteroatoms.